The number of carbonyl (C=O) groups excluding carboxylic acids is 1. The molecule has 8 nitrogen and oxygen atoms in total. The van der Waals surface area contributed by atoms with Crippen molar-refractivity contribution in [2.24, 2.45) is 0 Å². The number of hydrogen-bond donors (Lipinski definition) is 1. The molecule has 1 unspecified atom stereocenters. The zero-order valence-electron chi connectivity index (χ0n) is 18.7. The fraction of sp³-hybridized carbons (Fsp3) is 0.292. The first-order chi connectivity index (χ1) is 16.0. The summed E-state index contributed by atoms with van der Waals surface area (Å²) in [5.74, 6) is 0.994. The fourth-order valence-corrected chi connectivity index (χ4v) is 3.73. The van der Waals surface area contributed by atoms with Crippen molar-refractivity contribution in [3.63, 3.8) is 0 Å². The van der Waals surface area contributed by atoms with Crippen LogP contribution in [0.15, 0.2) is 58.8 Å². The van der Waals surface area contributed by atoms with Crippen LogP contribution in [0.1, 0.15) is 31.3 Å². The van der Waals surface area contributed by atoms with Gasteiger partial charge in [-0.15, -0.1) is 0 Å². The van der Waals surface area contributed by atoms with Gasteiger partial charge in [0.05, 0.1) is 31.4 Å². The number of methoxy groups -OCH3 is 1. The zero-order valence-corrected chi connectivity index (χ0v) is 18.7. The second-order valence-electron chi connectivity index (χ2n) is 7.46. The number of ether oxygens (including phenoxy) is 2. The van der Waals surface area contributed by atoms with Gasteiger partial charge in [0.1, 0.15) is 11.6 Å². The first-order valence-electron chi connectivity index (χ1n) is 10.6. The number of nitrogens with zero attached hydrogens (tertiary/aromatic N) is 3. The SMILES string of the molecule is CCOc1ccc(C2NC(=O)N(CCOC)C(C)=C2c2nc(-c3ccc(F)cc3)no2)cc1. The Kier molecular flexibility index (Phi) is 6.69. The van der Waals surface area contributed by atoms with E-state index in [9.17, 15) is 9.18 Å². The van der Waals surface area contributed by atoms with Crippen LogP contribution in [0.4, 0.5) is 9.18 Å². The topological polar surface area (TPSA) is 89.7 Å². The highest BCUT2D eigenvalue weighted by Crippen LogP contribution is 2.37. The molecule has 172 valence electrons. The van der Waals surface area contributed by atoms with Gasteiger partial charge >= 0.3 is 6.03 Å². The highest BCUT2D eigenvalue weighted by atomic mass is 19.1. The van der Waals surface area contributed by atoms with E-state index in [1.165, 1.54) is 12.1 Å². The molecule has 1 aromatic heterocycles. The minimum absolute atomic E-state index is 0.245. The van der Waals surface area contributed by atoms with E-state index in [1.807, 2.05) is 38.1 Å². The Bertz CT molecular complexity index is 1140. The summed E-state index contributed by atoms with van der Waals surface area (Å²) < 4.78 is 29.6. The number of amides is 2. The Hall–Kier alpha value is -3.72. The Morgan fingerprint density at radius 2 is 1.88 bits per heavy atom. The largest absolute Gasteiger partial charge is 0.494 e. The minimum Gasteiger partial charge on any atom is -0.494 e. The molecule has 2 aromatic carbocycles. The summed E-state index contributed by atoms with van der Waals surface area (Å²) in [6, 6.07) is 12.6. The third-order valence-electron chi connectivity index (χ3n) is 5.40. The third kappa shape index (κ3) is 4.73. The molecule has 0 saturated carbocycles. The van der Waals surface area contributed by atoms with E-state index < -0.39 is 6.04 Å². The van der Waals surface area contributed by atoms with Crippen LogP contribution in [0, 0.1) is 5.82 Å². The molecular formula is C24H25FN4O4. The molecular weight excluding hydrogens is 427 g/mol. The van der Waals surface area contributed by atoms with E-state index in [0.717, 1.165) is 11.3 Å². The zero-order chi connectivity index (χ0) is 23.4. The summed E-state index contributed by atoms with van der Waals surface area (Å²) in [5, 5.41) is 7.11. The highest BCUT2D eigenvalue weighted by Gasteiger charge is 2.35. The maximum atomic E-state index is 13.3. The molecule has 9 heteroatoms. The number of aromatic nitrogens is 2. The van der Waals surface area contributed by atoms with Gasteiger partial charge in [-0.1, -0.05) is 17.3 Å². The van der Waals surface area contributed by atoms with Crippen molar-refractivity contribution in [2.75, 3.05) is 26.9 Å². The lowest BCUT2D eigenvalue weighted by Crippen LogP contribution is -2.47. The highest BCUT2D eigenvalue weighted by molar-refractivity contribution is 5.86. The molecule has 1 N–H and O–H groups in total. The molecule has 4 rings (SSSR count). The van der Waals surface area contributed by atoms with Crippen LogP contribution in [0.5, 0.6) is 5.75 Å². The van der Waals surface area contributed by atoms with Crippen LogP contribution in [0.2, 0.25) is 0 Å². The molecule has 1 aliphatic rings. The van der Waals surface area contributed by atoms with Gasteiger partial charge in [0.15, 0.2) is 0 Å². The quantitative estimate of drug-likeness (QED) is 0.544. The number of allylic oxidation sites excluding steroid dienone is 1. The lowest BCUT2D eigenvalue weighted by molar-refractivity contribution is 0.158. The smallest absolute Gasteiger partial charge is 0.322 e. The Balaban J connectivity index is 1.75. The normalized spacial score (nSPS) is 16.2. The molecule has 2 amide bonds. The molecule has 0 saturated heterocycles. The molecule has 0 spiro atoms. The standard InChI is InChI=1S/C24H25FN4O4/c1-4-32-19-11-7-16(8-12-19)21-20(15(2)29(13-14-31-3)24(30)26-21)23-27-22(28-33-23)17-5-9-18(25)10-6-17/h5-12,21H,4,13-14H2,1-3H3,(H,26,30). The molecule has 0 radical (unpaired) electrons. The number of rotatable bonds is 8. The monoisotopic (exact) mass is 452 g/mol. The van der Waals surface area contributed by atoms with Crippen LogP contribution in [0.3, 0.4) is 0 Å². The van der Waals surface area contributed by atoms with Crippen LogP contribution in [-0.4, -0.2) is 47.9 Å². The summed E-state index contributed by atoms with van der Waals surface area (Å²) in [7, 11) is 1.58. The van der Waals surface area contributed by atoms with Gasteiger partial charge < -0.3 is 19.3 Å². The molecule has 1 atom stereocenters. The van der Waals surface area contributed by atoms with Crippen molar-refractivity contribution >= 4 is 11.6 Å². The van der Waals surface area contributed by atoms with Crippen molar-refractivity contribution in [3.05, 3.63) is 71.5 Å². The van der Waals surface area contributed by atoms with E-state index >= 15 is 0 Å². The van der Waals surface area contributed by atoms with Gasteiger partial charge in [-0.25, -0.2) is 9.18 Å². The molecule has 33 heavy (non-hydrogen) atoms. The first-order valence-corrected chi connectivity index (χ1v) is 10.6. The maximum Gasteiger partial charge on any atom is 0.322 e. The van der Waals surface area contributed by atoms with Crippen molar-refractivity contribution in [1.29, 1.82) is 0 Å². The van der Waals surface area contributed by atoms with E-state index in [4.69, 9.17) is 14.0 Å². The lowest BCUT2D eigenvalue weighted by Gasteiger charge is -2.35. The van der Waals surface area contributed by atoms with Crippen LogP contribution >= 0.6 is 0 Å². The van der Waals surface area contributed by atoms with E-state index in [0.29, 0.717) is 42.4 Å². The van der Waals surface area contributed by atoms with E-state index in [2.05, 4.69) is 15.5 Å². The Morgan fingerprint density at radius 1 is 1.15 bits per heavy atom. The van der Waals surface area contributed by atoms with Gasteiger partial charge in [-0.2, -0.15) is 4.98 Å². The van der Waals surface area contributed by atoms with Gasteiger partial charge in [0.25, 0.3) is 5.89 Å². The van der Waals surface area contributed by atoms with Crippen molar-refractivity contribution in [3.8, 4) is 17.1 Å². The number of urea groups is 1. The lowest BCUT2D eigenvalue weighted by atomic mass is 9.94. The van der Waals surface area contributed by atoms with Crippen molar-refractivity contribution in [2.45, 2.75) is 19.9 Å². The molecule has 3 aromatic rings. The van der Waals surface area contributed by atoms with Crippen molar-refractivity contribution in [1.82, 2.24) is 20.4 Å². The van der Waals surface area contributed by atoms with Crippen LogP contribution in [0.25, 0.3) is 17.0 Å². The number of benzene rings is 2. The Labute approximate surface area is 191 Å². The molecule has 2 heterocycles. The second kappa shape index (κ2) is 9.83. The average molecular weight is 452 g/mol. The second-order valence-corrected chi connectivity index (χ2v) is 7.46. The fourth-order valence-electron chi connectivity index (χ4n) is 3.73. The van der Waals surface area contributed by atoms with E-state index in [1.54, 1.807) is 24.1 Å². The van der Waals surface area contributed by atoms with E-state index in [-0.39, 0.29) is 17.7 Å². The van der Waals surface area contributed by atoms with Gasteiger partial charge in [0.2, 0.25) is 5.82 Å². The van der Waals surface area contributed by atoms with Gasteiger partial charge in [-0.05, 0) is 55.8 Å². The predicted molar refractivity (Wildman–Crippen MR) is 120 cm³/mol. The first kappa shape index (κ1) is 22.5. The van der Waals surface area contributed by atoms with Crippen molar-refractivity contribution < 1.29 is 23.2 Å². The summed E-state index contributed by atoms with van der Waals surface area (Å²) in [6.07, 6.45) is 0. The molecule has 0 fully saturated rings. The summed E-state index contributed by atoms with van der Waals surface area (Å²) >= 11 is 0. The molecule has 0 bridgehead atoms. The van der Waals surface area contributed by atoms with Crippen LogP contribution < -0.4 is 10.1 Å². The minimum atomic E-state index is -0.506. The third-order valence-corrected chi connectivity index (χ3v) is 5.40. The summed E-state index contributed by atoms with van der Waals surface area (Å²) in [6.45, 7) is 5.06. The van der Waals surface area contributed by atoms with Crippen LogP contribution in [-0.2, 0) is 4.74 Å². The summed E-state index contributed by atoms with van der Waals surface area (Å²) in [4.78, 5) is 19.0. The predicted octanol–water partition coefficient (Wildman–Crippen LogP) is 4.42. The number of nitrogens with one attached hydrogen (secondary N) is 1. The molecule has 1 aliphatic heterocycles. The average Bonchev–Trinajstić information content (AvgIpc) is 3.29. The number of halogens is 1. The summed E-state index contributed by atoms with van der Waals surface area (Å²) in [5.41, 5.74) is 2.83. The molecule has 0 aliphatic carbocycles. The number of carbonyl (C=O) groups is 1. The Morgan fingerprint density at radius 3 is 2.55 bits per heavy atom. The number of hydrogen-bond acceptors (Lipinski definition) is 6. The maximum absolute atomic E-state index is 13.3. The van der Waals surface area contributed by atoms with Gasteiger partial charge in [0, 0.05) is 18.4 Å². The van der Waals surface area contributed by atoms with Gasteiger partial charge in [-0.3, -0.25) is 4.90 Å².